The molecule has 0 saturated carbocycles. The Morgan fingerprint density at radius 3 is 2.90 bits per heavy atom. The van der Waals surface area contributed by atoms with Crippen LogP contribution in [0.1, 0.15) is 42.9 Å². The number of nitrogens with zero attached hydrogens (tertiary/aromatic N) is 1. The van der Waals surface area contributed by atoms with Crippen molar-refractivity contribution in [2.45, 2.75) is 37.3 Å². The highest BCUT2D eigenvalue weighted by Gasteiger charge is 2.48. The Bertz CT molecular complexity index is 559. The van der Waals surface area contributed by atoms with Crippen LogP contribution in [-0.4, -0.2) is 36.2 Å². The molecule has 0 radical (unpaired) electrons. The quantitative estimate of drug-likeness (QED) is 0.788. The van der Waals surface area contributed by atoms with Gasteiger partial charge in [-0.1, -0.05) is 31.2 Å². The van der Waals surface area contributed by atoms with E-state index in [1.165, 1.54) is 11.1 Å². The van der Waals surface area contributed by atoms with Crippen LogP contribution in [0.15, 0.2) is 24.3 Å². The summed E-state index contributed by atoms with van der Waals surface area (Å²) in [5, 5.41) is 2.83. The van der Waals surface area contributed by atoms with Crippen molar-refractivity contribution in [3.8, 4) is 0 Å². The van der Waals surface area contributed by atoms with Gasteiger partial charge in [-0.3, -0.25) is 4.90 Å². The van der Waals surface area contributed by atoms with Crippen LogP contribution in [0.2, 0.25) is 0 Å². The average molecular weight is 272 g/mol. The van der Waals surface area contributed by atoms with E-state index in [-0.39, 0.29) is 11.7 Å². The monoisotopic (exact) mass is 272 g/mol. The Morgan fingerprint density at radius 2 is 2.15 bits per heavy atom. The largest absolute Gasteiger partial charge is 0.441 e. The summed E-state index contributed by atoms with van der Waals surface area (Å²) in [6.45, 7) is 5.09. The molecule has 1 aromatic rings. The summed E-state index contributed by atoms with van der Waals surface area (Å²) in [5.74, 6) is 0.584. The second-order valence-electron chi connectivity index (χ2n) is 6.42. The van der Waals surface area contributed by atoms with E-state index in [4.69, 9.17) is 4.74 Å². The van der Waals surface area contributed by atoms with Gasteiger partial charge in [0.2, 0.25) is 0 Å². The van der Waals surface area contributed by atoms with Crippen LogP contribution < -0.4 is 5.32 Å². The number of benzene rings is 1. The summed E-state index contributed by atoms with van der Waals surface area (Å²) in [6.07, 6.45) is 1.60. The lowest BCUT2D eigenvalue weighted by molar-refractivity contribution is -0.0319. The lowest BCUT2D eigenvalue weighted by Gasteiger charge is -2.48. The van der Waals surface area contributed by atoms with E-state index in [1.807, 2.05) is 0 Å². The zero-order chi connectivity index (χ0) is 13.7. The second-order valence-corrected chi connectivity index (χ2v) is 6.42. The number of fused-ring (bicyclic) bond motifs is 3. The van der Waals surface area contributed by atoms with Gasteiger partial charge in [0, 0.05) is 32.0 Å². The maximum atomic E-state index is 11.4. The van der Waals surface area contributed by atoms with Gasteiger partial charge in [-0.25, -0.2) is 4.79 Å². The van der Waals surface area contributed by atoms with E-state index < -0.39 is 0 Å². The Hall–Kier alpha value is -1.55. The topological polar surface area (TPSA) is 41.6 Å². The number of nitrogens with one attached hydrogen (secondary N) is 1. The van der Waals surface area contributed by atoms with Crippen molar-refractivity contribution in [3.63, 3.8) is 0 Å². The fraction of sp³-hybridized carbons (Fsp3) is 0.562. The predicted molar refractivity (Wildman–Crippen MR) is 75.6 cm³/mol. The Kier molecular flexibility index (Phi) is 2.58. The Balaban J connectivity index is 1.69. The highest BCUT2D eigenvalue weighted by molar-refractivity contribution is 5.70. The van der Waals surface area contributed by atoms with Crippen molar-refractivity contribution >= 4 is 6.09 Å². The predicted octanol–water partition coefficient (Wildman–Crippen LogP) is 2.42. The van der Waals surface area contributed by atoms with E-state index in [0.717, 1.165) is 25.9 Å². The molecule has 4 rings (SSSR count). The first-order valence-corrected chi connectivity index (χ1v) is 7.47. The standard InChI is InChI=1S/C16H20N2O2/c1-11-9-18-7-6-16(10-17-15(19)20-16)8-14(18)13-5-3-2-4-12(11)13/h2-5,11,14H,6-10H2,1H3,(H,17,19)/t11-,14+,16+/m1/s1. The van der Waals surface area contributed by atoms with Gasteiger partial charge in [0.25, 0.3) is 0 Å². The summed E-state index contributed by atoms with van der Waals surface area (Å²) < 4.78 is 5.60. The molecular formula is C16H20N2O2. The van der Waals surface area contributed by atoms with Crippen molar-refractivity contribution < 1.29 is 9.53 Å². The Labute approximate surface area is 119 Å². The Morgan fingerprint density at radius 1 is 1.35 bits per heavy atom. The van der Waals surface area contributed by atoms with Crippen LogP contribution in [0.25, 0.3) is 0 Å². The van der Waals surface area contributed by atoms with E-state index in [0.29, 0.717) is 18.5 Å². The number of carbonyl (C=O) groups is 1. The molecule has 1 aromatic carbocycles. The van der Waals surface area contributed by atoms with Crippen LogP contribution in [0.5, 0.6) is 0 Å². The molecule has 3 aliphatic rings. The minimum Gasteiger partial charge on any atom is -0.441 e. The highest BCUT2D eigenvalue weighted by atomic mass is 16.6. The summed E-state index contributed by atoms with van der Waals surface area (Å²) in [5.41, 5.74) is 2.60. The minimum absolute atomic E-state index is 0.254. The first-order chi connectivity index (χ1) is 9.67. The molecule has 3 heterocycles. The molecule has 0 unspecified atom stereocenters. The second kappa shape index (κ2) is 4.22. The van der Waals surface area contributed by atoms with Gasteiger partial charge >= 0.3 is 6.09 Å². The minimum atomic E-state index is -0.286. The molecule has 1 N–H and O–H groups in total. The molecule has 0 aliphatic carbocycles. The molecule has 20 heavy (non-hydrogen) atoms. The van der Waals surface area contributed by atoms with E-state index in [9.17, 15) is 4.79 Å². The van der Waals surface area contributed by atoms with Gasteiger partial charge in [-0.2, -0.15) is 0 Å². The zero-order valence-electron chi connectivity index (χ0n) is 11.8. The van der Waals surface area contributed by atoms with Gasteiger partial charge in [-0.05, 0) is 17.0 Å². The number of piperidine rings is 1. The molecule has 1 spiro atoms. The van der Waals surface area contributed by atoms with Crippen LogP contribution in [-0.2, 0) is 4.74 Å². The average Bonchev–Trinajstić information content (AvgIpc) is 2.81. The molecule has 4 nitrogen and oxygen atoms in total. The van der Waals surface area contributed by atoms with Gasteiger partial charge in [-0.15, -0.1) is 0 Å². The van der Waals surface area contributed by atoms with E-state index in [2.05, 4.69) is 41.4 Å². The summed E-state index contributed by atoms with van der Waals surface area (Å²) in [7, 11) is 0. The smallest absolute Gasteiger partial charge is 0.407 e. The zero-order valence-corrected chi connectivity index (χ0v) is 11.8. The molecule has 0 bridgehead atoms. The lowest BCUT2D eigenvalue weighted by Crippen LogP contribution is -2.50. The van der Waals surface area contributed by atoms with Crippen molar-refractivity contribution in [1.29, 1.82) is 0 Å². The summed E-state index contributed by atoms with van der Waals surface area (Å²) >= 11 is 0. The molecule has 4 heteroatoms. The lowest BCUT2D eigenvalue weighted by atomic mass is 9.77. The van der Waals surface area contributed by atoms with Gasteiger partial charge in [0.15, 0.2) is 0 Å². The SMILES string of the molecule is C[C@@H]1CN2CC[C@@]3(CNC(=O)O3)C[C@H]2c2ccccc21. The fourth-order valence-electron chi connectivity index (χ4n) is 4.08. The summed E-state index contributed by atoms with van der Waals surface area (Å²) in [4.78, 5) is 14.0. The third kappa shape index (κ3) is 1.74. The van der Waals surface area contributed by atoms with Crippen molar-refractivity contribution in [2.75, 3.05) is 19.6 Å². The highest BCUT2D eigenvalue weighted by Crippen LogP contribution is 2.45. The fourth-order valence-corrected chi connectivity index (χ4v) is 4.08. The molecular weight excluding hydrogens is 252 g/mol. The van der Waals surface area contributed by atoms with Crippen LogP contribution in [0.4, 0.5) is 4.79 Å². The van der Waals surface area contributed by atoms with Crippen LogP contribution in [0.3, 0.4) is 0 Å². The number of alkyl carbamates (subject to hydrolysis) is 1. The molecule has 3 atom stereocenters. The maximum absolute atomic E-state index is 11.4. The van der Waals surface area contributed by atoms with Crippen LogP contribution >= 0.6 is 0 Å². The number of ether oxygens (including phenoxy) is 1. The number of hydrogen-bond acceptors (Lipinski definition) is 3. The van der Waals surface area contributed by atoms with Gasteiger partial charge in [0.1, 0.15) is 5.60 Å². The summed E-state index contributed by atoms with van der Waals surface area (Å²) in [6, 6.07) is 9.13. The van der Waals surface area contributed by atoms with Gasteiger partial charge in [0.05, 0.1) is 6.54 Å². The molecule has 0 aromatic heterocycles. The normalized spacial score (nSPS) is 36.1. The molecule has 3 aliphatic heterocycles. The van der Waals surface area contributed by atoms with Crippen molar-refractivity contribution in [3.05, 3.63) is 35.4 Å². The maximum Gasteiger partial charge on any atom is 0.407 e. The number of rotatable bonds is 0. The molecule has 2 fully saturated rings. The third-order valence-electron chi connectivity index (χ3n) is 5.12. The van der Waals surface area contributed by atoms with Crippen molar-refractivity contribution in [1.82, 2.24) is 10.2 Å². The van der Waals surface area contributed by atoms with Gasteiger partial charge < -0.3 is 10.1 Å². The number of carbonyl (C=O) groups excluding carboxylic acids is 1. The number of hydrogen-bond donors (Lipinski definition) is 1. The van der Waals surface area contributed by atoms with E-state index >= 15 is 0 Å². The van der Waals surface area contributed by atoms with Crippen LogP contribution in [0, 0.1) is 0 Å². The van der Waals surface area contributed by atoms with Crippen molar-refractivity contribution in [2.24, 2.45) is 0 Å². The number of amides is 1. The first kappa shape index (κ1) is 12.2. The first-order valence-electron chi connectivity index (χ1n) is 7.47. The third-order valence-corrected chi connectivity index (χ3v) is 5.12. The van der Waals surface area contributed by atoms with E-state index in [1.54, 1.807) is 0 Å². The molecule has 2 saturated heterocycles. The molecule has 1 amide bonds. The molecule has 106 valence electrons.